The van der Waals surface area contributed by atoms with Crippen LogP contribution < -0.4 is 0 Å². The van der Waals surface area contributed by atoms with Crippen LogP contribution in [-0.4, -0.2) is 17.7 Å². The molecule has 1 rings (SSSR count). The van der Waals surface area contributed by atoms with Gasteiger partial charge in [-0.05, 0) is 12.0 Å². The fourth-order valence-corrected chi connectivity index (χ4v) is 0.971. The van der Waals surface area contributed by atoms with Crippen LogP contribution in [0.4, 0.5) is 0 Å². The van der Waals surface area contributed by atoms with E-state index in [1.807, 2.05) is 6.92 Å². The second kappa shape index (κ2) is 2.84. The molecule has 0 aliphatic carbocycles. The Bertz CT molecular complexity index is 172. The lowest BCUT2D eigenvalue weighted by atomic mass is 10.0. The molecule has 10 heavy (non-hydrogen) atoms. The molecule has 0 spiro atoms. The molecular formula is C7H10O3. The van der Waals surface area contributed by atoms with Crippen LogP contribution in [0, 0.1) is 5.92 Å². The summed E-state index contributed by atoms with van der Waals surface area (Å²) in [7, 11) is 0. The number of rotatable bonds is 2. The first-order chi connectivity index (χ1) is 4.79. The highest BCUT2D eigenvalue weighted by molar-refractivity contribution is 5.79. The van der Waals surface area contributed by atoms with Crippen molar-refractivity contribution in [3.05, 3.63) is 11.8 Å². The quantitative estimate of drug-likeness (QED) is 0.569. The molecule has 3 nitrogen and oxygen atoms in total. The van der Waals surface area contributed by atoms with E-state index in [2.05, 4.69) is 4.74 Å². The van der Waals surface area contributed by atoms with Crippen molar-refractivity contribution in [2.75, 3.05) is 6.61 Å². The standard InChI is InChI=1S/C7H10O3/c1-2-5-4-10-7(9)6(5)3-8/h4,6,8H,2-3H2,1H3. The Hall–Kier alpha value is -0.830. The number of carbonyl (C=O) groups excluding carboxylic acids is 1. The summed E-state index contributed by atoms with van der Waals surface area (Å²) >= 11 is 0. The molecule has 1 aliphatic heterocycles. The molecule has 0 aromatic carbocycles. The maximum Gasteiger partial charge on any atom is 0.320 e. The van der Waals surface area contributed by atoms with Crippen LogP contribution in [0.15, 0.2) is 11.8 Å². The summed E-state index contributed by atoms with van der Waals surface area (Å²) in [6.07, 6.45) is 2.19. The number of cyclic esters (lactones) is 1. The van der Waals surface area contributed by atoms with E-state index in [1.54, 1.807) is 0 Å². The minimum Gasteiger partial charge on any atom is -0.434 e. The second-order valence-corrected chi connectivity index (χ2v) is 2.22. The predicted octanol–water partition coefficient (Wildman–Crippen LogP) is 0.446. The fourth-order valence-electron chi connectivity index (χ4n) is 0.971. The molecule has 1 atom stereocenters. The van der Waals surface area contributed by atoms with Gasteiger partial charge in [0, 0.05) is 0 Å². The van der Waals surface area contributed by atoms with E-state index in [9.17, 15) is 4.79 Å². The zero-order chi connectivity index (χ0) is 7.56. The molecule has 0 aromatic heterocycles. The van der Waals surface area contributed by atoms with Crippen LogP contribution in [0.1, 0.15) is 13.3 Å². The topological polar surface area (TPSA) is 46.5 Å². The van der Waals surface area contributed by atoms with Crippen LogP contribution in [0.5, 0.6) is 0 Å². The van der Waals surface area contributed by atoms with Crippen molar-refractivity contribution >= 4 is 5.97 Å². The fraction of sp³-hybridized carbons (Fsp3) is 0.571. The summed E-state index contributed by atoms with van der Waals surface area (Å²) in [6.45, 7) is 1.79. The lowest BCUT2D eigenvalue weighted by Gasteiger charge is -2.03. The molecule has 56 valence electrons. The lowest BCUT2D eigenvalue weighted by Crippen LogP contribution is -2.15. The molecule has 0 fully saturated rings. The Labute approximate surface area is 59.3 Å². The highest BCUT2D eigenvalue weighted by Crippen LogP contribution is 2.22. The van der Waals surface area contributed by atoms with E-state index in [4.69, 9.17) is 5.11 Å². The predicted molar refractivity (Wildman–Crippen MR) is 35.0 cm³/mol. The highest BCUT2D eigenvalue weighted by atomic mass is 16.5. The molecule has 1 N–H and O–H groups in total. The molecule has 0 aromatic rings. The van der Waals surface area contributed by atoms with Gasteiger partial charge in [-0.3, -0.25) is 4.79 Å². The van der Waals surface area contributed by atoms with Gasteiger partial charge in [-0.2, -0.15) is 0 Å². The minimum atomic E-state index is -0.398. The van der Waals surface area contributed by atoms with Crippen molar-refractivity contribution in [2.24, 2.45) is 5.92 Å². The number of hydrogen-bond donors (Lipinski definition) is 1. The van der Waals surface area contributed by atoms with Gasteiger partial charge < -0.3 is 9.84 Å². The lowest BCUT2D eigenvalue weighted by molar-refractivity contribution is -0.139. The van der Waals surface area contributed by atoms with Gasteiger partial charge >= 0.3 is 5.97 Å². The normalized spacial score (nSPS) is 24.4. The molecule has 1 aliphatic rings. The summed E-state index contributed by atoms with van der Waals surface area (Å²) in [5, 5.41) is 8.70. The van der Waals surface area contributed by atoms with E-state index >= 15 is 0 Å². The summed E-state index contributed by atoms with van der Waals surface area (Å²) in [6, 6.07) is 0. The van der Waals surface area contributed by atoms with Crippen molar-refractivity contribution in [3.63, 3.8) is 0 Å². The molecule has 1 heterocycles. The first-order valence-electron chi connectivity index (χ1n) is 3.30. The third kappa shape index (κ3) is 1.04. The molecule has 0 radical (unpaired) electrons. The molecule has 0 bridgehead atoms. The highest BCUT2D eigenvalue weighted by Gasteiger charge is 2.27. The molecular weight excluding hydrogens is 132 g/mol. The van der Waals surface area contributed by atoms with Gasteiger partial charge in [0.1, 0.15) is 5.92 Å². The van der Waals surface area contributed by atoms with Crippen molar-refractivity contribution in [3.8, 4) is 0 Å². The van der Waals surface area contributed by atoms with E-state index in [-0.39, 0.29) is 12.6 Å². The average Bonchev–Trinajstić information content (AvgIpc) is 2.30. The molecule has 0 saturated heterocycles. The van der Waals surface area contributed by atoms with Gasteiger partial charge in [0.15, 0.2) is 0 Å². The van der Waals surface area contributed by atoms with Gasteiger partial charge in [-0.25, -0.2) is 0 Å². The van der Waals surface area contributed by atoms with E-state index in [0.717, 1.165) is 12.0 Å². The maximum atomic E-state index is 10.7. The zero-order valence-corrected chi connectivity index (χ0v) is 5.83. The summed E-state index contributed by atoms with van der Waals surface area (Å²) < 4.78 is 4.60. The minimum absolute atomic E-state index is 0.140. The van der Waals surface area contributed by atoms with Crippen molar-refractivity contribution in [1.29, 1.82) is 0 Å². The van der Waals surface area contributed by atoms with Crippen molar-refractivity contribution in [1.82, 2.24) is 0 Å². The van der Waals surface area contributed by atoms with Gasteiger partial charge in [-0.15, -0.1) is 0 Å². The van der Waals surface area contributed by atoms with E-state index in [0.29, 0.717) is 0 Å². The third-order valence-corrected chi connectivity index (χ3v) is 1.65. The Kier molecular flexibility index (Phi) is 2.06. The average molecular weight is 142 g/mol. The van der Waals surface area contributed by atoms with Crippen LogP contribution in [0.2, 0.25) is 0 Å². The number of ether oxygens (including phenoxy) is 1. The SMILES string of the molecule is CCC1=COC(=O)C1CO. The van der Waals surface area contributed by atoms with E-state index < -0.39 is 5.92 Å². The summed E-state index contributed by atoms with van der Waals surface area (Å²) in [5.41, 5.74) is 0.882. The van der Waals surface area contributed by atoms with Crippen LogP contribution in [0.3, 0.4) is 0 Å². The Morgan fingerprint density at radius 1 is 1.80 bits per heavy atom. The van der Waals surface area contributed by atoms with Gasteiger partial charge in [-0.1, -0.05) is 6.92 Å². The van der Waals surface area contributed by atoms with Crippen LogP contribution in [0.25, 0.3) is 0 Å². The van der Waals surface area contributed by atoms with Gasteiger partial charge in [0.2, 0.25) is 0 Å². The number of carbonyl (C=O) groups is 1. The molecule has 0 saturated carbocycles. The van der Waals surface area contributed by atoms with Gasteiger partial charge in [0.25, 0.3) is 0 Å². The van der Waals surface area contributed by atoms with Crippen LogP contribution in [-0.2, 0) is 9.53 Å². The second-order valence-electron chi connectivity index (χ2n) is 2.22. The molecule has 1 unspecified atom stereocenters. The Balaban J connectivity index is 2.66. The largest absolute Gasteiger partial charge is 0.434 e. The number of aliphatic hydroxyl groups excluding tert-OH is 1. The smallest absolute Gasteiger partial charge is 0.320 e. The van der Waals surface area contributed by atoms with Crippen molar-refractivity contribution < 1.29 is 14.6 Å². The van der Waals surface area contributed by atoms with E-state index in [1.165, 1.54) is 6.26 Å². The maximum absolute atomic E-state index is 10.7. The zero-order valence-electron chi connectivity index (χ0n) is 5.83. The monoisotopic (exact) mass is 142 g/mol. The molecule has 3 heteroatoms. The number of hydrogen-bond acceptors (Lipinski definition) is 3. The first kappa shape index (κ1) is 7.28. The summed E-state index contributed by atoms with van der Waals surface area (Å²) in [5.74, 6) is -0.732. The number of esters is 1. The van der Waals surface area contributed by atoms with Crippen molar-refractivity contribution in [2.45, 2.75) is 13.3 Å². The Morgan fingerprint density at radius 3 is 2.90 bits per heavy atom. The molecule has 0 amide bonds. The summed E-state index contributed by atoms with van der Waals surface area (Å²) in [4.78, 5) is 10.7. The van der Waals surface area contributed by atoms with Crippen LogP contribution >= 0.6 is 0 Å². The Morgan fingerprint density at radius 2 is 2.50 bits per heavy atom. The third-order valence-electron chi connectivity index (χ3n) is 1.65. The number of aliphatic hydroxyl groups is 1. The van der Waals surface area contributed by atoms with Gasteiger partial charge in [0.05, 0.1) is 12.9 Å². The first-order valence-corrected chi connectivity index (χ1v) is 3.30.